The Morgan fingerprint density at radius 2 is 1.88 bits per heavy atom. The second-order valence-corrected chi connectivity index (χ2v) is 10.1. The summed E-state index contributed by atoms with van der Waals surface area (Å²) < 4.78 is 43.9. The van der Waals surface area contributed by atoms with E-state index < -0.39 is 6.36 Å². The number of halogens is 3. The Bertz CT molecular complexity index is 1630. The lowest BCUT2D eigenvalue weighted by molar-refractivity contribution is -0.274. The minimum Gasteiger partial charge on any atom is -0.406 e. The number of pyridine rings is 3. The van der Waals surface area contributed by atoms with E-state index in [2.05, 4.69) is 43.2 Å². The summed E-state index contributed by atoms with van der Waals surface area (Å²) in [4.78, 5) is 30.1. The molecule has 1 aliphatic heterocycles. The van der Waals surface area contributed by atoms with E-state index in [1.165, 1.54) is 16.7 Å². The minimum atomic E-state index is -4.77. The molecule has 4 aromatic rings. The Morgan fingerprint density at radius 1 is 1.12 bits per heavy atom. The lowest BCUT2D eigenvalue weighted by atomic mass is 9.94. The molecule has 0 radical (unpaired) electrons. The Balaban J connectivity index is 1.54. The highest BCUT2D eigenvalue weighted by molar-refractivity contribution is 5.89. The summed E-state index contributed by atoms with van der Waals surface area (Å²) in [6.07, 6.45) is -2.30. The van der Waals surface area contributed by atoms with E-state index in [4.69, 9.17) is 6.57 Å². The highest BCUT2D eigenvalue weighted by atomic mass is 19.4. The van der Waals surface area contributed by atoms with Crippen LogP contribution in [0.3, 0.4) is 0 Å². The van der Waals surface area contributed by atoms with Gasteiger partial charge >= 0.3 is 6.36 Å². The van der Waals surface area contributed by atoms with Crippen LogP contribution in [0, 0.1) is 6.57 Å². The van der Waals surface area contributed by atoms with Crippen LogP contribution in [0.1, 0.15) is 37.6 Å². The summed E-state index contributed by atoms with van der Waals surface area (Å²) in [7, 11) is 1.69. The minimum absolute atomic E-state index is 0.00691. The Hall–Kier alpha value is -4.43. The van der Waals surface area contributed by atoms with Gasteiger partial charge < -0.3 is 19.0 Å². The molecule has 8 nitrogen and oxygen atoms in total. The van der Waals surface area contributed by atoms with Crippen molar-refractivity contribution in [2.45, 2.75) is 44.8 Å². The third-order valence-corrected chi connectivity index (χ3v) is 7.56. The number of piperazine rings is 1. The molecule has 0 N–H and O–H groups in total. The standard InChI is InChI=1S/C30H29F3N6O2/c1-5-21-18-38(25-16-27(40)37(4)24-13-14-26(34-3)36-28(24)25)19(2)17-39(21)29(23-8-6-7-15-35-23)20-9-11-22(12-10-20)41-30(31,32)33/h6-16,19,21,29H,5,17-18H2,1-2,4H3/t19-,21+,29?/m0/s1. The van der Waals surface area contributed by atoms with Gasteiger partial charge in [-0.25, -0.2) is 0 Å². The van der Waals surface area contributed by atoms with Crippen molar-refractivity contribution >= 4 is 22.5 Å². The van der Waals surface area contributed by atoms with Crippen LogP contribution in [-0.4, -0.2) is 51.0 Å². The molecule has 0 amide bonds. The Morgan fingerprint density at radius 3 is 2.51 bits per heavy atom. The quantitative estimate of drug-likeness (QED) is 0.275. The van der Waals surface area contributed by atoms with E-state index in [9.17, 15) is 18.0 Å². The molecule has 1 aromatic carbocycles. The molecule has 4 heterocycles. The first-order chi connectivity index (χ1) is 19.6. The molecule has 0 spiro atoms. The molecular formula is C30H29F3N6O2. The number of fused-ring (bicyclic) bond motifs is 1. The van der Waals surface area contributed by atoms with Gasteiger partial charge in [-0.2, -0.15) is 0 Å². The second-order valence-electron chi connectivity index (χ2n) is 10.1. The van der Waals surface area contributed by atoms with Gasteiger partial charge in [0.05, 0.1) is 22.9 Å². The van der Waals surface area contributed by atoms with Crippen molar-refractivity contribution in [3.63, 3.8) is 0 Å². The summed E-state index contributed by atoms with van der Waals surface area (Å²) in [5.41, 5.74) is 3.33. The summed E-state index contributed by atoms with van der Waals surface area (Å²) in [6.45, 7) is 12.7. The van der Waals surface area contributed by atoms with Crippen molar-refractivity contribution in [1.29, 1.82) is 0 Å². The third-order valence-electron chi connectivity index (χ3n) is 7.56. The molecule has 0 saturated carbocycles. The molecule has 5 rings (SSSR count). The van der Waals surface area contributed by atoms with Gasteiger partial charge in [0.1, 0.15) is 5.75 Å². The SMILES string of the molecule is [C-]#[N+]c1ccc2c(n1)c(N1C[C@@H](CC)N(C(c3ccc(OC(F)(F)F)cc3)c3ccccn3)C[C@@H]1C)cc(=O)n2C. The number of anilines is 1. The molecule has 3 atom stereocenters. The maximum atomic E-state index is 12.9. The molecule has 1 unspecified atom stereocenters. The average Bonchev–Trinajstić information content (AvgIpc) is 2.96. The molecule has 0 bridgehead atoms. The Kier molecular flexibility index (Phi) is 7.69. The largest absolute Gasteiger partial charge is 0.573 e. The maximum Gasteiger partial charge on any atom is 0.573 e. The highest BCUT2D eigenvalue weighted by Gasteiger charge is 2.38. The van der Waals surface area contributed by atoms with Crippen molar-refractivity contribution in [3.05, 3.63) is 99.9 Å². The molecule has 1 aliphatic rings. The first kappa shape index (κ1) is 28.1. The fraction of sp³-hybridized carbons (Fsp3) is 0.333. The van der Waals surface area contributed by atoms with Gasteiger partial charge in [-0.1, -0.05) is 31.7 Å². The zero-order valence-electron chi connectivity index (χ0n) is 22.8. The van der Waals surface area contributed by atoms with Crippen LogP contribution in [0.2, 0.25) is 0 Å². The van der Waals surface area contributed by atoms with Gasteiger partial charge in [-0.3, -0.25) is 14.7 Å². The fourth-order valence-electron chi connectivity index (χ4n) is 5.58. The summed E-state index contributed by atoms with van der Waals surface area (Å²) in [6, 6.07) is 16.1. The molecule has 1 fully saturated rings. The molecule has 1 saturated heterocycles. The molecule has 41 heavy (non-hydrogen) atoms. The van der Waals surface area contributed by atoms with E-state index in [0.29, 0.717) is 29.8 Å². The van der Waals surface area contributed by atoms with Crippen molar-refractivity contribution in [2.75, 3.05) is 18.0 Å². The molecule has 3 aromatic heterocycles. The first-order valence-corrected chi connectivity index (χ1v) is 13.3. The number of aromatic nitrogens is 3. The Labute approximate surface area is 235 Å². The normalized spacial score (nSPS) is 18.7. The number of hydrogen-bond donors (Lipinski definition) is 0. The molecule has 11 heteroatoms. The number of nitrogens with zero attached hydrogens (tertiary/aromatic N) is 6. The van der Waals surface area contributed by atoms with E-state index in [1.807, 2.05) is 18.2 Å². The fourth-order valence-corrected chi connectivity index (χ4v) is 5.58. The summed E-state index contributed by atoms with van der Waals surface area (Å²) in [5, 5.41) is 0. The lowest BCUT2D eigenvalue weighted by Gasteiger charge is -2.49. The smallest absolute Gasteiger partial charge is 0.406 e. The van der Waals surface area contributed by atoms with Crippen molar-refractivity contribution < 1.29 is 17.9 Å². The average molecular weight is 563 g/mol. The van der Waals surface area contributed by atoms with Crippen molar-refractivity contribution in [1.82, 2.24) is 19.4 Å². The second kappa shape index (κ2) is 11.2. The number of alkyl halides is 3. The summed E-state index contributed by atoms with van der Waals surface area (Å²) in [5.74, 6) is -0.0287. The number of hydrogen-bond acceptors (Lipinski definition) is 6. The van der Waals surface area contributed by atoms with Crippen LogP contribution >= 0.6 is 0 Å². The van der Waals surface area contributed by atoms with E-state index >= 15 is 0 Å². The van der Waals surface area contributed by atoms with Crippen LogP contribution in [0.15, 0.2) is 71.7 Å². The lowest BCUT2D eigenvalue weighted by Crippen LogP contribution is -2.58. The van der Waals surface area contributed by atoms with Gasteiger partial charge in [0.25, 0.3) is 11.4 Å². The van der Waals surface area contributed by atoms with Crippen LogP contribution in [0.4, 0.5) is 24.7 Å². The van der Waals surface area contributed by atoms with Crippen molar-refractivity contribution in [2.24, 2.45) is 7.05 Å². The predicted octanol–water partition coefficient (Wildman–Crippen LogP) is 5.86. The topological polar surface area (TPSA) is 67.9 Å². The van der Waals surface area contributed by atoms with Gasteiger partial charge in [0, 0.05) is 44.5 Å². The van der Waals surface area contributed by atoms with Gasteiger partial charge in [-0.15, -0.1) is 18.2 Å². The van der Waals surface area contributed by atoms with Crippen LogP contribution < -0.4 is 15.2 Å². The van der Waals surface area contributed by atoms with E-state index in [-0.39, 0.29) is 35.3 Å². The number of benzene rings is 1. The summed E-state index contributed by atoms with van der Waals surface area (Å²) >= 11 is 0. The number of ether oxygens (including phenoxy) is 1. The van der Waals surface area contributed by atoms with E-state index in [1.54, 1.807) is 43.6 Å². The van der Waals surface area contributed by atoms with Gasteiger partial charge in [-0.05, 0) is 55.3 Å². The molecule has 0 aliphatic carbocycles. The maximum absolute atomic E-state index is 12.9. The highest BCUT2D eigenvalue weighted by Crippen LogP contribution is 2.37. The first-order valence-electron chi connectivity index (χ1n) is 13.3. The predicted molar refractivity (Wildman–Crippen MR) is 150 cm³/mol. The zero-order valence-corrected chi connectivity index (χ0v) is 22.8. The zero-order chi connectivity index (χ0) is 29.3. The van der Waals surface area contributed by atoms with Gasteiger partial charge in [0.2, 0.25) is 5.52 Å². The molecule has 212 valence electrons. The van der Waals surface area contributed by atoms with Gasteiger partial charge in [0.15, 0.2) is 0 Å². The number of rotatable bonds is 6. The monoisotopic (exact) mass is 562 g/mol. The molecular weight excluding hydrogens is 533 g/mol. The van der Waals surface area contributed by atoms with Crippen LogP contribution in [0.25, 0.3) is 15.9 Å². The van der Waals surface area contributed by atoms with Crippen LogP contribution in [-0.2, 0) is 7.05 Å². The van der Waals surface area contributed by atoms with E-state index in [0.717, 1.165) is 17.7 Å². The third kappa shape index (κ3) is 5.74. The van der Waals surface area contributed by atoms with Crippen LogP contribution in [0.5, 0.6) is 5.75 Å². The van der Waals surface area contributed by atoms with Crippen molar-refractivity contribution in [3.8, 4) is 5.75 Å². The number of aryl methyl sites for hydroxylation is 1.